The highest BCUT2D eigenvalue weighted by Gasteiger charge is 2.22. The van der Waals surface area contributed by atoms with Crippen molar-refractivity contribution >= 4 is 12.1 Å². The molecule has 0 saturated heterocycles. The Morgan fingerprint density at radius 3 is 2.05 bits per heavy atom. The lowest BCUT2D eigenvalue weighted by Crippen LogP contribution is -2.42. The number of amides is 1. The van der Waals surface area contributed by atoms with E-state index in [0.717, 1.165) is 12.8 Å². The van der Waals surface area contributed by atoms with Crippen LogP contribution in [0.2, 0.25) is 0 Å². The maximum Gasteiger partial charge on any atom is 0.407 e. The zero-order valence-corrected chi connectivity index (χ0v) is 13.4. The molecule has 0 spiro atoms. The molecule has 1 unspecified atom stereocenters. The van der Waals surface area contributed by atoms with Gasteiger partial charge in [0, 0.05) is 0 Å². The number of esters is 1. The van der Waals surface area contributed by atoms with Gasteiger partial charge in [0.25, 0.3) is 0 Å². The number of carbonyl (C=O) groups is 2. The van der Waals surface area contributed by atoms with Crippen LogP contribution in [0.4, 0.5) is 4.79 Å². The second-order valence-electron chi connectivity index (χ2n) is 5.86. The number of carbonyl (C=O) groups excluding carboxylic acids is 2. The topological polar surface area (TPSA) is 64.6 Å². The van der Waals surface area contributed by atoms with Crippen molar-refractivity contribution in [2.24, 2.45) is 11.8 Å². The van der Waals surface area contributed by atoms with Crippen molar-refractivity contribution in [2.45, 2.75) is 59.9 Å². The minimum atomic E-state index is -0.617. The number of ether oxygens (including phenoxy) is 2. The summed E-state index contributed by atoms with van der Waals surface area (Å²) in [6.45, 7) is 10.6. The maximum atomic E-state index is 11.9. The van der Waals surface area contributed by atoms with E-state index in [2.05, 4.69) is 5.32 Å². The van der Waals surface area contributed by atoms with Crippen LogP contribution >= 0.6 is 0 Å². The molecule has 0 aromatic carbocycles. The van der Waals surface area contributed by atoms with Gasteiger partial charge in [0.05, 0.1) is 13.2 Å². The van der Waals surface area contributed by atoms with Gasteiger partial charge < -0.3 is 14.8 Å². The molecule has 0 aromatic heterocycles. The summed E-state index contributed by atoms with van der Waals surface area (Å²) in [6.07, 6.45) is 1.83. The summed E-state index contributed by atoms with van der Waals surface area (Å²) in [5, 5.41) is 2.59. The zero-order chi connectivity index (χ0) is 15.5. The third kappa shape index (κ3) is 9.64. The fourth-order valence-electron chi connectivity index (χ4n) is 1.43. The molecule has 118 valence electrons. The smallest absolute Gasteiger partial charge is 0.407 e. The molecule has 0 aliphatic rings. The Morgan fingerprint density at radius 1 is 1.00 bits per heavy atom. The first-order valence-corrected chi connectivity index (χ1v) is 7.46. The first kappa shape index (κ1) is 18.7. The Morgan fingerprint density at radius 2 is 1.55 bits per heavy atom. The minimum Gasteiger partial charge on any atom is -0.464 e. The number of nitrogens with one attached hydrogen (secondary N) is 1. The summed E-state index contributed by atoms with van der Waals surface area (Å²) >= 11 is 0. The molecule has 0 radical (unpaired) electrons. The van der Waals surface area contributed by atoms with Gasteiger partial charge >= 0.3 is 12.1 Å². The molecule has 0 saturated carbocycles. The lowest BCUT2D eigenvalue weighted by molar-refractivity contribution is -0.147. The highest BCUT2D eigenvalue weighted by Crippen LogP contribution is 2.05. The van der Waals surface area contributed by atoms with Crippen molar-refractivity contribution < 1.29 is 19.1 Å². The third-order valence-electron chi connectivity index (χ3n) is 2.53. The van der Waals surface area contributed by atoms with Crippen molar-refractivity contribution in [3.8, 4) is 0 Å². The van der Waals surface area contributed by atoms with E-state index in [-0.39, 0.29) is 17.8 Å². The van der Waals surface area contributed by atoms with E-state index in [1.807, 2.05) is 34.6 Å². The van der Waals surface area contributed by atoms with Crippen LogP contribution in [0.15, 0.2) is 0 Å². The predicted molar refractivity (Wildman–Crippen MR) is 78.4 cm³/mol. The van der Waals surface area contributed by atoms with Crippen LogP contribution in [-0.2, 0) is 14.3 Å². The summed E-state index contributed by atoms with van der Waals surface area (Å²) in [4.78, 5) is 23.6. The summed E-state index contributed by atoms with van der Waals surface area (Å²) in [7, 11) is 0. The van der Waals surface area contributed by atoms with Crippen LogP contribution in [0.5, 0.6) is 0 Å². The summed E-state index contributed by atoms with van der Waals surface area (Å²) in [5.41, 5.74) is 0. The Kier molecular flexibility index (Phi) is 9.86. The molecule has 1 atom stereocenters. The fourth-order valence-corrected chi connectivity index (χ4v) is 1.43. The third-order valence-corrected chi connectivity index (χ3v) is 2.53. The van der Waals surface area contributed by atoms with Crippen molar-refractivity contribution in [2.75, 3.05) is 13.2 Å². The highest BCUT2D eigenvalue weighted by atomic mass is 16.6. The van der Waals surface area contributed by atoms with Crippen LogP contribution in [0.3, 0.4) is 0 Å². The standard InChI is InChI=1S/C15H29NO4/c1-6-7-8-13(14(17)19-9-11(2)3)16-15(18)20-10-12(4)5/h11-13H,6-10H2,1-5H3,(H,16,18). The SMILES string of the molecule is CCCCC(NC(=O)OCC(C)C)C(=O)OCC(C)C. The molecule has 20 heavy (non-hydrogen) atoms. The van der Waals surface area contributed by atoms with Crippen LogP contribution < -0.4 is 5.32 Å². The van der Waals surface area contributed by atoms with Gasteiger partial charge in [-0.1, -0.05) is 47.5 Å². The molecular weight excluding hydrogens is 258 g/mol. The first-order valence-electron chi connectivity index (χ1n) is 7.46. The Balaban J connectivity index is 4.31. The van der Waals surface area contributed by atoms with Gasteiger partial charge in [0.1, 0.15) is 6.04 Å². The number of hydrogen-bond acceptors (Lipinski definition) is 4. The van der Waals surface area contributed by atoms with Crippen LogP contribution in [0.25, 0.3) is 0 Å². The summed E-state index contributed by atoms with van der Waals surface area (Å²) in [6, 6.07) is -0.617. The molecule has 0 rings (SSSR count). The average molecular weight is 287 g/mol. The molecule has 0 bridgehead atoms. The maximum absolute atomic E-state index is 11.9. The molecule has 0 aromatic rings. The number of alkyl carbamates (subject to hydrolysis) is 1. The minimum absolute atomic E-state index is 0.266. The Hall–Kier alpha value is -1.26. The quantitative estimate of drug-likeness (QED) is 0.662. The van der Waals surface area contributed by atoms with Crippen molar-refractivity contribution in [1.82, 2.24) is 5.32 Å². The molecule has 5 nitrogen and oxygen atoms in total. The highest BCUT2D eigenvalue weighted by molar-refractivity contribution is 5.81. The molecule has 0 aliphatic carbocycles. The average Bonchev–Trinajstić information content (AvgIpc) is 2.38. The van der Waals surface area contributed by atoms with E-state index in [1.54, 1.807) is 0 Å². The van der Waals surface area contributed by atoms with E-state index in [0.29, 0.717) is 19.6 Å². The predicted octanol–water partition coefficient (Wildman–Crippen LogP) is 3.13. The number of hydrogen-bond donors (Lipinski definition) is 1. The van der Waals surface area contributed by atoms with Gasteiger partial charge in [0.15, 0.2) is 0 Å². The van der Waals surface area contributed by atoms with Gasteiger partial charge in [-0.05, 0) is 18.3 Å². The lowest BCUT2D eigenvalue weighted by Gasteiger charge is -2.18. The van der Waals surface area contributed by atoms with Crippen LogP contribution in [0.1, 0.15) is 53.9 Å². The fraction of sp³-hybridized carbons (Fsp3) is 0.867. The molecule has 0 fully saturated rings. The van der Waals surface area contributed by atoms with Gasteiger partial charge in [-0.15, -0.1) is 0 Å². The Labute approximate surface area is 122 Å². The van der Waals surface area contributed by atoms with Gasteiger partial charge in [0.2, 0.25) is 0 Å². The summed E-state index contributed by atoms with van der Waals surface area (Å²) < 4.78 is 10.2. The van der Waals surface area contributed by atoms with Gasteiger partial charge in [-0.25, -0.2) is 9.59 Å². The first-order chi connectivity index (χ1) is 9.36. The van der Waals surface area contributed by atoms with E-state index in [9.17, 15) is 9.59 Å². The number of unbranched alkanes of at least 4 members (excludes halogenated alkanes) is 1. The normalized spacial score (nSPS) is 12.3. The van der Waals surface area contributed by atoms with Crippen LogP contribution in [0, 0.1) is 11.8 Å². The molecule has 5 heteroatoms. The second kappa shape index (κ2) is 10.5. The Bertz CT molecular complexity index is 290. The van der Waals surface area contributed by atoms with Crippen molar-refractivity contribution in [1.29, 1.82) is 0 Å². The van der Waals surface area contributed by atoms with E-state index < -0.39 is 12.1 Å². The lowest BCUT2D eigenvalue weighted by atomic mass is 10.1. The molecule has 1 amide bonds. The molecule has 0 aliphatic heterocycles. The summed E-state index contributed by atoms with van der Waals surface area (Å²) in [5.74, 6) is 0.162. The van der Waals surface area contributed by atoms with Gasteiger partial charge in [-0.3, -0.25) is 0 Å². The van der Waals surface area contributed by atoms with Gasteiger partial charge in [-0.2, -0.15) is 0 Å². The van der Waals surface area contributed by atoms with Crippen molar-refractivity contribution in [3.63, 3.8) is 0 Å². The molecule has 0 heterocycles. The van der Waals surface area contributed by atoms with E-state index >= 15 is 0 Å². The zero-order valence-electron chi connectivity index (χ0n) is 13.4. The van der Waals surface area contributed by atoms with Crippen molar-refractivity contribution in [3.05, 3.63) is 0 Å². The van der Waals surface area contributed by atoms with Crippen LogP contribution in [-0.4, -0.2) is 31.3 Å². The second-order valence-corrected chi connectivity index (χ2v) is 5.86. The van der Waals surface area contributed by atoms with E-state index in [4.69, 9.17) is 9.47 Å². The molecule has 1 N–H and O–H groups in total. The largest absolute Gasteiger partial charge is 0.464 e. The molecular formula is C15H29NO4. The number of rotatable bonds is 9. The monoisotopic (exact) mass is 287 g/mol. The van der Waals surface area contributed by atoms with E-state index in [1.165, 1.54) is 0 Å².